The first-order valence-electron chi connectivity index (χ1n) is 10.1. The number of thiophene rings is 1. The van der Waals surface area contributed by atoms with Crippen molar-refractivity contribution in [3.63, 3.8) is 0 Å². The molecule has 0 radical (unpaired) electrons. The number of carbonyl (C=O) groups is 2. The number of anilines is 2. The number of aromatic nitrogens is 3. The Morgan fingerprint density at radius 3 is 2.53 bits per heavy atom. The Kier molecular flexibility index (Phi) is 5.99. The molecule has 164 valence electrons. The van der Waals surface area contributed by atoms with Gasteiger partial charge in [0.1, 0.15) is 0 Å². The summed E-state index contributed by atoms with van der Waals surface area (Å²) in [6.07, 6.45) is 1.67. The lowest BCUT2D eigenvalue weighted by atomic mass is 10.1. The monoisotopic (exact) mass is 467 g/mol. The summed E-state index contributed by atoms with van der Waals surface area (Å²) in [5.74, 6) is -0.514. The number of halogens is 1. The van der Waals surface area contributed by atoms with Crippen molar-refractivity contribution in [2.24, 2.45) is 0 Å². The van der Waals surface area contributed by atoms with Crippen molar-refractivity contribution >= 4 is 57.2 Å². The number of benzene rings is 1. The first-order valence-corrected chi connectivity index (χ1v) is 11.3. The van der Waals surface area contributed by atoms with Crippen molar-refractivity contribution in [1.82, 2.24) is 14.8 Å². The summed E-state index contributed by atoms with van der Waals surface area (Å²) in [6, 6.07) is 10.9. The minimum Gasteiger partial charge on any atom is -0.325 e. The molecule has 0 aliphatic carbocycles. The van der Waals surface area contributed by atoms with Crippen molar-refractivity contribution < 1.29 is 9.59 Å². The minimum absolute atomic E-state index is 0.0939. The molecule has 0 atom stereocenters. The third kappa shape index (κ3) is 4.37. The number of nitrogens with one attached hydrogen (secondary N) is 2. The van der Waals surface area contributed by atoms with E-state index < -0.39 is 0 Å². The number of pyridine rings is 1. The van der Waals surface area contributed by atoms with Crippen LogP contribution in [0.3, 0.4) is 0 Å². The number of aryl methyl sites for hydroxylation is 1. The van der Waals surface area contributed by atoms with E-state index in [4.69, 9.17) is 16.6 Å². The van der Waals surface area contributed by atoms with Crippen LogP contribution in [0.1, 0.15) is 42.0 Å². The first kappa shape index (κ1) is 22.0. The molecule has 0 aliphatic rings. The predicted molar refractivity (Wildman–Crippen MR) is 130 cm³/mol. The average Bonchev–Trinajstić information content (AvgIpc) is 3.35. The molecule has 3 aromatic heterocycles. The van der Waals surface area contributed by atoms with Crippen LogP contribution in [0.2, 0.25) is 5.02 Å². The topological polar surface area (TPSA) is 88.9 Å². The summed E-state index contributed by atoms with van der Waals surface area (Å²) < 4.78 is 1.81. The molecule has 32 heavy (non-hydrogen) atoms. The number of fused-ring (bicyclic) bond motifs is 1. The highest BCUT2D eigenvalue weighted by Crippen LogP contribution is 2.31. The molecular formula is C23H22ClN5O2S. The molecule has 0 saturated carbocycles. The van der Waals surface area contributed by atoms with Gasteiger partial charge in [0.15, 0.2) is 5.65 Å². The summed E-state index contributed by atoms with van der Waals surface area (Å²) in [4.78, 5) is 31.5. The molecule has 7 nitrogen and oxygen atoms in total. The number of nitrogens with zero attached hydrogens (tertiary/aromatic N) is 3. The highest BCUT2D eigenvalue weighted by atomic mass is 35.5. The number of rotatable bonds is 5. The average molecular weight is 468 g/mol. The van der Waals surface area contributed by atoms with Gasteiger partial charge < -0.3 is 10.6 Å². The van der Waals surface area contributed by atoms with Gasteiger partial charge in [0, 0.05) is 23.5 Å². The van der Waals surface area contributed by atoms with E-state index in [2.05, 4.69) is 15.7 Å². The molecule has 0 bridgehead atoms. The second-order valence-corrected chi connectivity index (χ2v) is 9.41. The lowest BCUT2D eigenvalue weighted by molar-refractivity contribution is -0.114. The zero-order chi connectivity index (χ0) is 23.0. The van der Waals surface area contributed by atoms with Gasteiger partial charge in [-0.2, -0.15) is 5.10 Å². The van der Waals surface area contributed by atoms with Crippen LogP contribution in [0.15, 0.2) is 42.6 Å². The molecule has 0 aliphatic heterocycles. The fraction of sp³-hybridized carbons (Fsp3) is 0.217. The van der Waals surface area contributed by atoms with Crippen LogP contribution in [0.5, 0.6) is 0 Å². The lowest BCUT2D eigenvalue weighted by Crippen LogP contribution is -2.14. The minimum atomic E-state index is -0.293. The predicted octanol–water partition coefficient (Wildman–Crippen LogP) is 5.91. The van der Waals surface area contributed by atoms with Crippen LogP contribution in [-0.2, 0) is 4.79 Å². The van der Waals surface area contributed by atoms with Crippen LogP contribution in [-0.4, -0.2) is 26.6 Å². The summed E-state index contributed by atoms with van der Waals surface area (Å²) in [6.45, 7) is 7.49. The number of carbonyl (C=O) groups excluding carboxylic acids is 2. The summed E-state index contributed by atoms with van der Waals surface area (Å²) in [5, 5.41) is 11.0. The van der Waals surface area contributed by atoms with Crippen molar-refractivity contribution in [2.45, 2.75) is 33.7 Å². The molecule has 1 aromatic carbocycles. The maximum Gasteiger partial charge on any atom is 0.256 e. The van der Waals surface area contributed by atoms with Gasteiger partial charge in [0.25, 0.3) is 5.91 Å². The number of hydrogen-bond donors (Lipinski definition) is 2. The van der Waals surface area contributed by atoms with Crippen LogP contribution in [0.25, 0.3) is 21.6 Å². The van der Waals surface area contributed by atoms with E-state index in [9.17, 15) is 9.59 Å². The Balaban J connectivity index is 1.75. The van der Waals surface area contributed by atoms with Crippen LogP contribution >= 0.6 is 22.9 Å². The van der Waals surface area contributed by atoms with Crippen molar-refractivity contribution in [1.29, 1.82) is 0 Å². The Morgan fingerprint density at radius 1 is 1.12 bits per heavy atom. The van der Waals surface area contributed by atoms with E-state index in [-0.39, 0.29) is 17.9 Å². The molecule has 0 saturated heterocycles. The molecule has 2 N–H and O–H groups in total. The van der Waals surface area contributed by atoms with Gasteiger partial charge in [0.05, 0.1) is 38.4 Å². The molecule has 4 rings (SSSR count). The number of amides is 2. The lowest BCUT2D eigenvalue weighted by Gasteiger charge is -2.11. The molecular weight excluding hydrogens is 446 g/mol. The van der Waals surface area contributed by atoms with Gasteiger partial charge in [0.2, 0.25) is 5.91 Å². The smallest absolute Gasteiger partial charge is 0.256 e. The Bertz CT molecular complexity index is 1340. The van der Waals surface area contributed by atoms with E-state index in [0.29, 0.717) is 33.0 Å². The molecule has 0 unspecified atom stereocenters. The summed E-state index contributed by atoms with van der Waals surface area (Å²) in [5.41, 5.74) is 2.86. The zero-order valence-corrected chi connectivity index (χ0v) is 19.6. The van der Waals surface area contributed by atoms with Crippen LogP contribution < -0.4 is 10.6 Å². The van der Waals surface area contributed by atoms with Crippen LogP contribution in [0, 0.1) is 6.92 Å². The van der Waals surface area contributed by atoms with Crippen molar-refractivity contribution in [3.05, 3.63) is 58.1 Å². The fourth-order valence-corrected chi connectivity index (χ4v) is 4.42. The van der Waals surface area contributed by atoms with Gasteiger partial charge in [-0.05, 0) is 57.2 Å². The largest absolute Gasteiger partial charge is 0.325 e. The number of hydrogen-bond acceptors (Lipinski definition) is 5. The van der Waals surface area contributed by atoms with Crippen molar-refractivity contribution in [2.75, 3.05) is 10.6 Å². The molecule has 2 amide bonds. The fourth-order valence-electron chi connectivity index (χ4n) is 3.36. The molecule has 0 fully saturated rings. The Hall–Kier alpha value is -3.23. The highest BCUT2D eigenvalue weighted by molar-refractivity contribution is 7.15. The van der Waals surface area contributed by atoms with Gasteiger partial charge in [-0.1, -0.05) is 11.6 Å². The summed E-state index contributed by atoms with van der Waals surface area (Å²) in [7, 11) is 0. The van der Waals surface area contributed by atoms with Gasteiger partial charge in [-0.3, -0.25) is 9.59 Å². The third-order valence-corrected chi connectivity index (χ3v) is 6.17. The SMILES string of the molecule is CC(=O)Nc1ccc(NC(=O)c2cc(-c3ccc(C)s3)nc3c2cnn3C(C)C)cc1Cl. The zero-order valence-electron chi connectivity index (χ0n) is 18.1. The third-order valence-electron chi connectivity index (χ3n) is 4.83. The van der Waals surface area contributed by atoms with Crippen molar-refractivity contribution in [3.8, 4) is 10.6 Å². The maximum absolute atomic E-state index is 13.3. The molecule has 9 heteroatoms. The summed E-state index contributed by atoms with van der Waals surface area (Å²) >= 11 is 7.88. The Labute approximate surface area is 194 Å². The molecule has 3 heterocycles. The molecule has 0 spiro atoms. The van der Waals surface area contributed by atoms with E-state index >= 15 is 0 Å². The van der Waals surface area contributed by atoms with Gasteiger partial charge >= 0.3 is 0 Å². The first-order chi connectivity index (χ1) is 15.2. The van der Waals surface area contributed by atoms with Gasteiger partial charge in [-0.25, -0.2) is 9.67 Å². The van der Waals surface area contributed by atoms with E-state index in [1.54, 1.807) is 41.8 Å². The van der Waals surface area contributed by atoms with E-state index in [0.717, 1.165) is 10.6 Å². The second-order valence-electron chi connectivity index (χ2n) is 7.72. The van der Waals surface area contributed by atoms with E-state index in [1.165, 1.54) is 11.8 Å². The van der Waals surface area contributed by atoms with Crippen LogP contribution in [0.4, 0.5) is 11.4 Å². The van der Waals surface area contributed by atoms with E-state index in [1.807, 2.05) is 37.6 Å². The maximum atomic E-state index is 13.3. The Morgan fingerprint density at radius 2 is 1.91 bits per heavy atom. The molecule has 4 aromatic rings. The van der Waals surface area contributed by atoms with Gasteiger partial charge in [-0.15, -0.1) is 11.3 Å². The highest BCUT2D eigenvalue weighted by Gasteiger charge is 2.19. The quantitative estimate of drug-likeness (QED) is 0.381. The standard InChI is InChI=1S/C23H22ClN5O2S/c1-12(2)29-22-17(11-25-29)16(10-20(28-22)21-8-5-13(3)32-21)23(31)27-15-6-7-19(18(24)9-15)26-14(4)30/h5-12H,1-4H3,(H,26,30)(H,27,31). The second kappa shape index (κ2) is 8.72. The normalized spacial score (nSPS) is 11.2.